The van der Waals surface area contributed by atoms with Crippen LogP contribution in [0.4, 0.5) is 0 Å². The Morgan fingerprint density at radius 1 is 1.10 bits per heavy atom. The molecule has 1 fully saturated rings. The van der Waals surface area contributed by atoms with E-state index in [-0.39, 0.29) is 36.8 Å². The molecular formula is C23H34N2O4. The van der Waals surface area contributed by atoms with Crippen LogP contribution in [-0.4, -0.2) is 47.9 Å². The number of rotatable bonds is 9. The number of amides is 2. The quantitative estimate of drug-likeness (QED) is 0.644. The molecule has 1 atom stereocenters. The highest BCUT2D eigenvalue weighted by atomic mass is 16.5. The zero-order valence-corrected chi connectivity index (χ0v) is 17.9. The van der Waals surface area contributed by atoms with Crippen molar-refractivity contribution in [3.8, 4) is 0 Å². The van der Waals surface area contributed by atoms with E-state index in [0.29, 0.717) is 6.54 Å². The SMILES string of the molecule is CCN(C(=O)COC(=O)C(NC(=O)Cc1ccccc1)C(C)C)C1CCCCC1. The summed E-state index contributed by atoms with van der Waals surface area (Å²) in [6.07, 6.45) is 5.71. The number of hydrogen-bond donors (Lipinski definition) is 1. The first kappa shape index (κ1) is 22.9. The lowest BCUT2D eigenvalue weighted by molar-refractivity contribution is -0.156. The Labute approximate surface area is 174 Å². The number of hydrogen-bond acceptors (Lipinski definition) is 4. The lowest BCUT2D eigenvalue weighted by atomic mass is 9.94. The maximum Gasteiger partial charge on any atom is 0.329 e. The average Bonchev–Trinajstić information content (AvgIpc) is 2.72. The minimum Gasteiger partial charge on any atom is -0.454 e. The van der Waals surface area contributed by atoms with Gasteiger partial charge in [0.05, 0.1) is 6.42 Å². The molecule has 2 rings (SSSR count). The maximum atomic E-state index is 12.6. The van der Waals surface area contributed by atoms with E-state index in [2.05, 4.69) is 5.32 Å². The number of benzene rings is 1. The topological polar surface area (TPSA) is 75.7 Å². The average molecular weight is 403 g/mol. The molecule has 2 amide bonds. The summed E-state index contributed by atoms with van der Waals surface area (Å²) in [5, 5.41) is 2.76. The second-order valence-corrected chi connectivity index (χ2v) is 8.03. The third kappa shape index (κ3) is 7.18. The van der Waals surface area contributed by atoms with E-state index in [0.717, 1.165) is 31.2 Å². The highest BCUT2D eigenvalue weighted by Gasteiger charge is 2.28. The molecule has 0 heterocycles. The summed E-state index contributed by atoms with van der Waals surface area (Å²) in [5.74, 6) is -1.10. The fourth-order valence-electron chi connectivity index (χ4n) is 3.84. The third-order valence-electron chi connectivity index (χ3n) is 5.46. The van der Waals surface area contributed by atoms with Crippen LogP contribution in [0.15, 0.2) is 30.3 Å². The maximum absolute atomic E-state index is 12.6. The molecule has 6 heteroatoms. The van der Waals surface area contributed by atoms with E-state index in [1.165, 1.54) is 6.42 Å². The zero-order chi connectivity index (χ0) is 21.2. The van der Waals surface area contributed by atoms with E-state index in [9.17, 15) is 14.4 Å². The van der Waals surface area contributed by atoms with Crippen LogP contribution >= 0.6 is 0 Å². The molecule has 0 aromatic heterocycles. The van der Waals surface area contributed by atoms with Gasteiger partial charge in [0.1, 0.15) is 6.04 Å². The third-order valence-corrected chi connectivity index (χ3v) is 5.46. The van der Waals surface area contributed by atoms with Crippen LogP contribution in [0.1, 0.15) is 58.4 Å². The van der Waals surface area contributed by atoms with Crippen LogP contribution in [0.3, 0.4) is 0 Å². The molecular weight excluding hydrogens is 368 g/mol. The Morgan fingerprint density at radius 3 is 2.34 bits per heavy atom. The van der Waals surface area contributed by atoms with Crippen molar-refractivity contribution in [3.05, 3.63) is 35.9 Å². The van der Waals surface area contributed by atoms with Crippen molar-refractivity contribution in [2.45, 2.75) is 71.4 Å². The number of nitrogens with zero attached hydrogens (tertiary/aromatic N) is 1. The summed E-state index contributed by atoms with van der Waals surface area (Å²) in [4.78, 5) is 39.3. The fourth-order valence-corrected chi connectivity index (χ4v) is 3.84. The van der Waals surface area contributed by atoms with E-state index in [4.69, 9.17) is 4.74 Å². The van der Waals surface area contributed by atoms with Crippen molar-refractivity contribution < 1.29 is 19.1 Å². The first-order valence-electron chi connectivity index (χ1n) is 10.7. The predicted octanol–water partition coefficient (Wildman–Crippen LogP) is 3.09. The molecule has 1 aliphatic rings. The fraction of sp³-hybridized carbons (Fsp3) is 0.609. The lowest BCUT2D eigenvalue weighted by Gasteiger charge is -2.33. The van der Waals surface area contributed by atoms with Gasteiger partial charge in [-0.1, -0.05) is 63.4 Å². The Bertz CT molecular complexity index is 669. The number of nitrogens with one attached hydrogen (secondary N) is 1. The summed E-state index contributed by atoms with van der Waals surface area (Å²) in [6.45, 7) is 5.98. The minimum atomic E-state index is -0.774. The van der Waals surface area contributed by atoms with Crippen molar-refractivity contribution >= 4 is 17.8 Å². The van der Waals surface area contributed by atoms with Gasteiger partial charge in [-0.2, -0.15) is 0 Å². The standard InChI is InChI=1S/C23H34N2O4/c1-4-25(19-13-9-6-10-14-19)21(27)16-29-23(28)22(17(2)3)24-20(26)15-18-11-7-5-8-12-18/h5,7-8,11-12,17,19,22H,4,6,9-10,13-16H2,1-3H3,(H,24,26). The van der Waals surface area contributed by atoms with Crippen molar-refractivity contribution in [3.63, 3.8) is 0 Å². The summed E-state index contributed by atoms with van der Waals surface area (Å²) >= 11 is 0. The van der Waals surface area contributed by atoms with Gasteiger partial charge in [0, 0.05) is 12.6 Å². The Balaban J connectivity index is 1.87. The van der Waals surface area contributed by atoms with Crippen LogP contribution in [0.25, 0.3) is 0 Å². The Hall–Kier alpha value is -2.37. The van der Waals surface area contributed by atoms with E-state index >= 15 is 0 Å². The van der Waals surface area contributed by atoms with E-state index in [1.807, 2.05) is 56.0 Å². The van der Waals surface area contributed by atoms with Gasteiger partial charge in [0.2, 0.25) is 5.91 Å². The number of ether oxygens (including phenoxy) is 1. The van der Waals surface area contributed by atoms with Gasteiger partial charge < -0.3 is 15.0 Å². The first-order chi connectivity index (χ1) is 13.9. The molecule has 1 aliphatic carbocycles. The van der Waals surface area contributed by atoms with Gasteiger partial charge in [0.25, 0.3) is 5.91 Å². The molecule has 160 valence electrons. The predicted molar refractivity (Wildman–Crippen MR) is 112 cm³/mol. The molecule has 1 unspecified atom stereocenters. The van der Waals surface area contributed by atoms with E-state index in [1.54, 1.807) is 0 Å². The number of carbonyl (C=O) groups is 3. The highest BCUT2D eigenvalue weighted by molar-refractivity contribution is 5.87. The van der Waals surface area contributed by atoms with Crippen LogP contribution in [0.5, 0.6) is 0 Å². The molecule has 0 bridgehead atoms. The van der Waals surface area contributed by atoms with Crippen molar-refractivity contribution in [1.82, 2.24) is 10.2 Å². The smallest absolute Gasteiger partial charge is 0.329 e. The normalized spacial score (nSPS) is 15.6. The van der Waals surface area contributed by atoms with Crippen LogP contribution in [0, 0.1) is 5.92 Å². The Kier molecular flexibility index (Phi) is 9.16. The summed E-state index contributed by atoms with van der Waals surface area (Å²) in [5.41, 5.74) is 0.877. The Morgan fingerprint density at radius 2 is 1.76 bits per heavy atom. The molecule has 0 saturated heterocycles. The molecule has 1 aromatic rings. The highest BCUT2D eigenvalue weighted by Crippen LogP contribution is 2.22. The molecule has 1 saturated carbocycles. The largest absolute Gasteiger partial charge is 0.454 e. The monoisotopic (exact) mass is 402 g/mol. The lowest BCUT2D eigenvalue weighted by Crippen LogP contribution is -2.48. The van der Waals surface area contributed by atoms with Crippen LogP contribution in [-0.2, 0) is 25.5 Å². The van der Waals surface area contributed by atoms with Gasteiger partial charge in [-0.25, -0.2) is 4.79 Å². The van der Waals surface area contributed by atoms with Crippen LogP contribution < -0.4 is 5.32 Å². The van der Waals surface area contributed by atoms with Gasteiger partial charge in [-0.3, -0.25) is 9.59 Å². The first-order valence-corrected chi connectivity index (χ1v) is 10.7. The van der Waals surface area contributed by atoms with Gasteiger partial charge in [-0.05, 0) is 31.2 Å². The van der Waals surface area contributed by atoms with Gasteiger partial charge >= 0.3 is 5.97 Å². The number of esters is 1. The molecule has 6 nitrogen and oxygen atoms in total. The van der Waals surface area contributed by atoms with Crippen molar-refractivity contribution in [2.75, 3.05) is 13.2 Å². The summed E-state index contributed by atoms with van der Waals surface area (Å²) in [6, 6.07) is 8.83. The number of carbonyl (C=O) groups excluding carboxylic acids is 3. The van der Waals surface area contributed by atoms with Crippen molar-refractivity contribution in [1.29, 1.82) is 0 Å². The zero-order valence-electron chi connectivity index (χ0n) is 17.9. The second-order valence-electron chi connectivity index (χ2n) is 8.03. The molecule has 0 spiro atoms. The molecule has 0 aliphatic heterocycles. The van der Waals surface area contributed by atoms with Gasteiger partial charge in [0.15, 0.2) is 6.61 Å². The molecule has 1 N–H and O–H groups in total. The number of likely N-dealkylation sites (N-methyl/N-ethyl adjacent to an activating group) is 1. The summed E-state index contributed by atoms with van der Waals surface area (Å²) < 4.78 is 5.31. The molecule has 1 aromatic carbocycles. The van der Waals surface area contributed by atoms with E-state index < -0.39 is 12.0 Å². The van der Waals surface area contributed by atoms with Crippen LogP contribution in [0.2, 0.25) is 0 Å². The summed E-state index contributed by atoms with van der Waals surface area (Å²) in [7, 11) is 0. The second kappa shape index (κ2) is 11.6. The molecule has 29 heavy (non-hydrogen) atoms. The van der Waals surface area contributed by atoms with Crippen molar-refractivity contribution in [2.24, 2.45) is 5.92 Å². The van der Waals surface area contributed by atoms with Gasteiger partial charge in [-0.15, -0.1) is 0 Å². The molecule has 0 radical (unpaired) electrons. The minimum absolute atomic E-state index is 0.141.